The highest BCUT2D eigenvalue weighted by Crippen LogP contribution is 2.25. The maximum absolute atomic E-state index is 11.3. The third-order valence-corrected chi connectivity index (χ3v) is 3.09. The summed E-state index contributed by atoms with van der Waals surface area (Å²) in [5, 5.41) is 2.88. The number of nitrogens with one attached hydrogen (secondary N) is 1. The Morgan fingerprint density at radius 3 is 2.75 bits per heavy atom. The number of rotatable bonds is 7. The van der Waals surface area contributed by atoms with Crippen molar-refractivity contribution in [3.8, 4) is 0 Å². The molecule has 0 saturated heterocycles. The normalized spacial score (nSPS) is 17.3. The second kappa shape index (κ2) is 8.53. The zero-order valence-electron chi connectivity index (χ0n) is 10.0. The van der Waals surface area contributed by atoms with Gasteiger partial charge in [0.2, 0.25) is 5.91 Å². The van der Waals surface area contributed by atoms with Crippen molar-refractivity contribution in [3.05, 3.63) is 0 Å². The van der Waals surface area contributed by atoms with E-state index in [0.29, 0.717) is 13.2 Å². The quantitative estimate of drug-likeness (QED) is 0.640. The fourth-order valence-corrected chi connectivity index (χ4v) is 2.19. The molecule has 0 aromatic carbocycles. The number of nitrogens with two attached hydrogens (primary N) is 1. The molecule has 1 fully saturated rings. The Morgan fingerprint density at radius 1 is 1.31 bits per heavy atom. The number of carbonyl (C=O) groups excluding carboxylic acids is 1. The number of ether oxygens (including phenoxy) is 1. The van der Waals surface area contributed by atoms with Gasteiger partial charge in [0.05, 0.1) is 6.61 Å². The van der Waals surface area contributed by atoms with Gasteiger partial charge in [-0.05, 0) is 12.3 Å². The third kappa shape index (κ3) is 6.08. The van der Waals surface area contributed by atoms with Crippen molar-refractivity contribution in [2.75, 3.05) is 26.3 Å². The summed E-state index contributed by atoms with van der Waals surface area (Å²) >= 11 is 0. The average molecular weight is 228 g/mol. The molecule has 0 aromatic rings. The molecule has 0 radical (unpaired) electrons. The van der Waals surface area contributed by atoms with Gasteiger partial charge in [-0.25, -0.2) is 0 Å². The van der Waals surface area contributed by atoms with Gasteiger partial charge in [-0.1, -0.05) is 32.1 Å². The van der Waals surface area contributed by atoms with Crippen LogP contribution >= 0.6 is 0 Å². The molecule has 4 nitrogen and oxygen atoms in total. The Bertz CT molecular complexity index is 191. The van der Waals surface area contributed by atoms with Gasteiger partial charge in [-0.3, -0.25) is 4.79 Å². The van der Waals surface area contributed by atoms with E-state index in [0.717, 1.165) is 18.9 Å². The molecule has 1 amide bonds. The highest BCUT2D eigenvalue weighted by Gasteiger charge is 2.13. The summed E-state index contributed by atoms with van der Waals surface area (Å²) in [7, 11) is 0. The van der Waals surface area contributed by atoms with Crippen molar-refractivity contribution < 1.29 is 9.53 Å². The van der Waals surface area contributed by atoms with E-state index in [-0.39, 0.29) is 12.5 Å². The Hall–Kier alpha value is -0.610. The van der Waals surface area contributed by atoms with Crippen molar-refractivity contribution in [2.45, 2.75) is 38.5 Å². The number of carbonyl (C=O) groups is 1. The van der Waals surface area contributed by atoms with Crippen molar-refractivity contribution in [1.29, 1.82) is 0 Å². The van der Waals surface area contributed by atoms with Crippen LogP contribution in [0.15, 0.2) is 0 Å². The van der Waals surface area contributed by atoms with Gasteiger partial charge in [0.15, 0.2) is 0 Å². The van der Waals surface area contributed by atoms with Gasteiger partial charge in [-0.15, -0.1) is 0 Å². The SMILES string of the molecule is NCCOCC(=O)NCCC1CCCCC1. The molecule has 94 valence electrons. The minimum atomic E-state index is -0.0238. The monoisotopic (exact) mass is 228 g/mol. The minimum absolute atomic E-state index is 0.0238. The molecule has 0 spiro atoms. The summed E-state index contributed by atoms with van der Waals surface area (Å²) in [4.78, 5) is 11.3. The van der Waals surface area contributed by atoms with Crippen molar-refractivity contribution in [2.24, 2.45) is 11.7 Å². The van der Waals surface area contributed by atoms with Crippen LogP contribution in [0.5, 0.6) is 0 Å². The fourth-order valence-electron chi connectivity index (χ4n) is 2.19. The molecule has 0 heterocycles. The first kappa shape index (κ1) is 13.5. The van der Waals surface area contributed by atoms with E-state index in [1.165, 1.54) is 32.1 Å². The van der Waals surface area contributed by atoms with Crippen LogP contribution in [0.25, 0.3) is 0 Å². The van der Waals surface area contributed by atoms with Crippen LogP contribution in [-0.4, -0.2) is 32.2 Å². The van der Waals surface area contributed by atoms with E-state index in [1.807, 2.05) is 0 Å². The van der Waals surface area contributed by atoms with E-state index in [9.17, 15) is 4.79 Å². The Balaban J connectivity index is 1.94. The van der Waals surface area contributed by atoms with E-state index in [4.69, 9.17) is 10.5 Å². The van der Waals surface area contributed by atoms with Crippen LogP contribution in [0.1, 0.15) is 38.5 Å². The van der Waals surface area contributed by atoms with Crippen LogP contribution in [0, 0.1) is 5.92 Å². The maximum Gasteiger partial charge on any atom is 0.245 e. The van der Waals surface area contributed by atoms with Crippen molar-refractivity contribution >= 4 is 5.91 Å². The minimum Gasteiger partial charge on any atom is -0.370 e. The molecule has 1 aliphatic carbocycles. The summed E-state index contributed by atoms with van der Waals surface area (Å²) in [5.41, 5.74) is 5.26. The van der Waals surface area contributed by atoms with E-state index < -0.39 is 0 Å². The lowest BCUT2D eigenvalue weighted by atomic mass is 9.87. The van der Waals surface area contributed by atoms with E-state index >= 15 is 0 Å². The summed E-state index contributed by atoms with van der Waals surface area (Å²) in [5.74, 6) is 0.795. The molecule has 0 atom stereocenters. The fraction of sp³-hybridized carbons (Fsp3) is 0.917. The predicted molar refractivity (Wildman–Crippen MR) is 64.1 cm³/mol. The van der Waals surface area contributed by atoms with Crippen LogP contribution in [-0.2, 0) is 9.53 Å². The largest absolute Gasteiger partial charge is 0.370 e. The van der Waals surface area contributed by atoms with E-state index in [1.54, 1.807) is 0 Å². The number of hydrogen-bond acceptors (Lipinski definition) is 3. The Morgan fingerprint density at radius 2 is 2.06 bits per heavy atom. The van der Waals surface area contributed by atoms with Gasteiger partial charge >= 0.3 is 0 Å². The summed E-state index contributed by atoms with van der Waals surface area (Å²) in [6, 6.07) is 0. The maximum atomic E-state index is 11.3. The second-order valence-electron chi connectivity index (χ2n) is 4.48. The van der Waals surface area contributed by atoms with Crippen LogP contribution in [0.3, 0.4) is 0 Å². The molecule has 1 aliphatic rings. The first-order valence-electron chi connectivity index (χ1n) is 6.37. The number of amides is 1. The first-order chi connectivity index (χ1) is 7.83. The van der Waals surface area contributed by atoms with E-state index in [2.05, 4.69) is 5.32 Å². The van der Waals surface area contributed by atoms with Crippen LogP contribution < -0.4 is 11.1 Å². The zero-order valence-corrected chi connectivity index (χ0v) is 10.0. The molecule has 0 unspecified atom stereocenters. The molecule has 1 saturated carbocycles. The van der Waals surface area contributed by atoms with Crippen molar-refractivity contribution in [3.63, 3.8) is 0 Å². The topological polar surface area (TPSA) is 64.3 Å². The summed E-state index contributed by atoms with van der Waals surface area (Å²) in [6.07, 6.45) is 7.88. The molecule has 4 heteroatoms. The highest BCUT2D eigenvalue weighted by molar-refractivity contribution is 5.77. The highest BCUT2D eigenvalue weighted by atomic mass is 16.5. The predicted octanol–water partition coefficient (Wildman–Crippen LogP) is 1.05. The average Bonchev–Trinajstić information content (AvgIpc) is 2.31. The molecule has 0 aromatic heterocycles. The molecular formula is C12H24N2O2. The third-order valence-electron chi connectivity index (χ3n) is 3.09. The molecule has 1 rings (SSSR count). The molecular weight excluding hydrogens is 204 g/mol. The molecule has 3 N–H and O–H groups in total. The zero-order chi connectivity index (χ0) is 11.6. The lowest BCUT2D eigenvalue weighted by Gasteiger charge is -2.21. The van der Waals surface area contributed by atoms with Gasteiger partial charge < -0.3 is 15.8 Å². The van der Waals surface area contributed by atoms with Gasteiger partial charge in [-0.2, -0.15) is 0 Å². The summed E-state index contributed by atoms with van der Waals surface area (Å²) in [6.45, 7) is 1.85. The van der Waals surface area contributed by atoms with Crippen LogP contribution in [0.4, 0.5) is 0 Å². The van der Waals surface area contributed by atoms with Gasteiger partial charge in [0.25, 0.3) is 0 Å². The smallest absolute Gasteiger partial charge is 0.245 e. The molecule has 0 bridgehead atoms. The first-order valence-corrected chi connectivity index (χ1v) is 6.37. The summed E-state index contributed by atoms with van der Waals surface area (Å²) < 4.78 is 5.05. The molecule has 0 aliphatic heterocycles. The Labute approximate surface area is 97.9 Å². The lowest BCUT2D eigenvalue weighted by Crippen LogP contribution is -2.30. The lowest BCUT2D eigenvalue weighted by molar-refractivity contribution is -0.125. The standard InChI is InChI=1S/C12H24N2O2/c13-7-9-16-10-12(15)14-8-6-11-4-2-1-3-5-11/h11H,1-10,13H2,(H,14,15). The van der Waals surface area contributed by atoms with Gasteiger partial charge in [0.1, 0.15) is 6.61 Å². The second-order valence-corrected chi connectivity index (χ2v) is 4.48. The van der Waals surface area contributed by atoms with Crippen LogP contribution in [0.2, 0.25) is 0 Å². The number of hydrogen-bond donors (Lipinski definition) is 2. The van der Waals surface area contributed by atoms with Crippen molar-refractivity contribution in [1.82, 2.24) is 5.32 Å². The molecule has 16 heavy (non-hydrogen) atoms. The Kier molecular flexibility index (Phi) is 7.17. The van der Waals surface area contributed by atoms with Gasteiger partial charge in [0, 0.05) is 13.1 Å².